The molecule has 0 spiro atoms. The second-order valence-corrected chi connectivity index (χ2v) is 7.96. The number of hydrogen-bond acceptors (Lipinski definition) is 6. The zero-order valence-electron chi connectivity index (χ0n) is 19.3. The maximum Gasteiger partial charge on any atom is 0.343 e. The Morgan fingerprint density at radius 3 is 2.11 bits per heavy atom. The summed E-state index contributed by atoms with van der Waals surface area (Å²) in [6, 6.07) is 17.5. The third-order valence-electron chi connectivity index (χ3n) is 5.38. The Hall–Kier alpha value is -4.72. The maximum absolute atomic E-state index is 13.1. The number of carbonyl (C=O) groups is 4. The number of methoxy groups -OCH3 is 1. The quantitative estimate of drug-likeness (QED) is 0.260. The number of esters is 1. The molecule has 0 radical (unpaired) electrons. The molecule has 176 valence electrons. The highest BCUT2D eigenvalue weighted by molar-refractivity contribution is 6.39. The maximum atomic E-state index is 13.1. The van der Waals surface area contributed by atoms with Gasteiger partial charge in [-0.05, 0) is 61.9 Å². The van der Waals surface area contributed by atoms with Crippen molar-refractivity contribution in [2.24, 2.45) is 0 Å². The number of aryl methyl sites for hydroxylation is 2. The number of barbiturate groups is 1. The van der Waals surface area contributed by atoms with E-state index in [4.69, 9.17) is 9.47 Å². The number of anilines is 1. The zero-order valence-corrected chi connectivity index (χ0v) is 19.3. The van der Waals surface area contributed by atoms with E-state index in [0.717, 1.165) is 16.0 Å². The van der Waals surface area contributed by atoms with E-state index in [1.165, 1.54) is 25.3 Å². The molecular weight excluding hydrogens is 448 g/mol. The fraction of sp³-hybridized carbons (Fsp3) is 0.111. The predicted octanol–water partition coefficient (Wildman–Crippen LogP) is 4.20. The Kier molecular flexibility index (Phi) is 6.46. The normalized spacial score (nSPS) is 14.7. The molecule has 8 heteroatoms. The second kappa shape index (κ2) is 9.64. The van der Waals surface area contributed by atoms with E-state index in [-0.39, 0.29) is 17.1 Å². The molecule has 0 aromatic heterocycles. The van der Waals surface area contributed by atoms with Crippen molar-refractivity contribution >= 4 is 35.6 Å². The van der Waals surface area contributed by atoms with Crippen molar-refractivity contribution in [3.63, 3.8) is 0 Å². The standard InChI is InChI=1S/C27H22N2O6/c1-16-4-9-19(10-5-16)26(32)35-22-13-8-18(15-23(22)34-3)14-21-24(30)28-27(33)29(25(21)31)20-11-6-17(2)7-12-20/h4-15H,1-3H3,(H,28,30,33)/b21-14+. The van der Waals surface area contributed by atoms with Crippen molar-refractivity contribution in [2.45, 2.75) is 13.8 Å². The van der Waals surface area contributed by atoms with Crippen molar-refractivity contribution in [1.82, 2.24) is 5.32 Å². The summed E-state index contributed by atoms with van der Waals surface area (Å²) in [5, 5.41) is 2.19. The van der Waals surface area contributed by atoms with Crippen molar-refractivity contribution in [2.75, 3.05) is 12.0 Å². The van der Waals surface area contributed by atoms with E-state index in [9.17, 15) is 19.2 Å². The molecule has 0 saturated carbocycles. The number of nitrogens with zero attached hydrogens (tertiary/aromatic N) is 1. The molecule has 0 unspecified atom stereocenters. The van der Waals surface area contributed by atoms with Gasteiger partial charge in [-0.2, -0.15) is 0 Å². The third-order valence-corrected chi connectivity index (χ3v) is 5.38. The number of nitrogens with one attached hydrogen (secondary N) is 1. The van der Waals surface area contributed by atoms with Gasteiger partial charge < -0.3 is 9.47 Å². The zero-order chi connectivity index (χ0) is 25.1. The van der Waals surface area contributed by atoms with Crippen LogP contribution >= 0.6 is 0 Å². The number of carbonyl (C=O) groups excluding carboxylic acids is 4. The Labute approximate surface area is 201 Å². The van der Waals surface area contributed by atoms with Crippen LogP contribution in [0, 0.1) is 13.8 Å². The van der Waals surface area contributed by atoms with Crippen LogP contribution in [0.15, 0.2) is 72.3 Å². The summed E-state index contributed by atoms with van der Waals surface area (Å²) in [4.78, 5) is 51.3. The Bertz CT molecular complexity index is 1360. The molecule has 3 aromatic carbocycles. The Balaban J connectivity index is 1.61. The molecule has 0 aliphatic carbocycles. The second-order valence-electron chi connectivity index (χ2n) is 7.96. The number of hydrogen-bond donors (Lipinski definition) is 1. The summed E-state index contributed by atoms with van der Waals surface area (Å²) < 4.78 is 10.8. The Morgan fingerprint density at radius 1 is 0.857 bits per heavy atom. The molecule has 1 aliphatic heterocycles. The van der Waals surface area contributed by atoms with Crippen LogP contribution in [-0.4, -0.2) is 30.9 Å². The van der Waals surface area contributed by atoms with Gasteiger partial charge in [0.25, 0.3) is 11.8 Å². The molecule has 0 atom stereocenters. The van der Waals surface area contributed by atoms with E-state index in [1.54, 1.807) is 54.6 Å². The van der Waals surface area contributed by atoms with Gasteiger partial charge in [-0.15, -0.1) is 0 Å². The van der Waals surface area contributed by atoms with Gasteiger partial charge in [0, 0.05) is 0 Å². The highest BCUT2D eigenvalue weighted by Crippen LogP contribution is 2.30. The van der Waals surface area contributed by atoms with Crippen LogP contribution in [-0.2, 0) is 9.59 Å². The van der Waals surface area contributed by atoms with Crippen LogP contribution in [0.1, 0.15) is 27.0 Å². The first-order valence-corrected chi connectivity index (χ1v) is 10.7. The fourth-order valence-electron chi connectivity index (χ4n) is 3.46. The van der Waals surface area contributed by atoms with Crippen LogP contribution in [0.4, 0.5) is 10.5 Å². The summed E-state index contributed by atoms with van der Waals surface area (Å²) in [6.07, 6.45) is 1.35. The van der Waals surface area contributed by atoms with E-state index < -0.39 is 23.8 Å². The van der Waals surface area contributed by atoms with Gasteiger partial charge in [0.15, 0.2) is 11.5 Å². The molecule has 0 bridgehead atoms. The lowest BCUT2D eigenvalue weighted by molar-refractivity contribution is -0.122. The summed E-state index contributed by atoms with van der Waals surface area (Å²) in [5.41, 5.74) is 2.91. The molecule has 1 aliphatic rings. The average molecular weight is 470 g/mol. The fourth-order valence-corrected chi connectivity index (χ4v) is 3.46. The minimum Gasteiger partial charge on any atom is -0.493 e. The molecule has 1 saturated heterocycles. The molecule has 3 aromatic rings. The highest BCUT2D eigenvalue weighted by Gasteiger charge is 2.36. The summed E-state index contributed by atoms with van der Waals surface area (Å²) in [6.45, 7) is 3.80. The molecule has 1 N–H and O–H groups in total. The first-order valence-electron chi connectivity index (χ1n) is 10.7. The third kappa shape index (κ3) is 4.96. The summed E-state index contributed by atoms with van der Waals surface area (Å²) in [5.74, 6) is -1.71. The van der Waals surface area contributed by atoms with E-state index in [1.807, 2.05) is 13.8 Å². The minimum absolute atomic E-state index is 0.177. The molecule has 35 heavy (non-hydrogen) atoms. The lowest BCUT2D eigenvalue weighted by Crippen LogP contribution is -2.54. The van der Waals surface area contributed by atoms with Gasteiger partial charge in [-0.3, -0.25) is 14.9 Å². The van der Waals surface area contributed by atoms with Gasteiger partial charge in [-0.25, -0.2) is 14.5 Å². The van der Waals surface area contributed by atoms with Gasteiger partial charge in [-0.1, -0.05) is 41.5 Å². The number of benzene rings is 3. The number of urea groups is 1. The van der Waals surface area contributed by atoms with E-state index >= 15 is 0 Å². The lowest BCUT2D eigenvalue weighted by atomic mass is 10.1. The van der Waals surface area contributed by atoms with Gasteiger partial charge in [0.05, 0.1) is 18.4 Å². The smallest absolute Gasteiger partial charge is 0.343 e. The first kappa shape index (κ1) is 23.4. The molecule has 4 amide bonds. The molecular formula is C27H22N2O6. The molecule has 1 heterocycles. The Morgan fingerprint density at radius 2 is 1.49 bits per heavy atom. The summed E-state index contributed by atoms with van der Waals surface area (Å²) >= 11 is 0. The van der Waals surface area contributed by atoms with Gasteiger partial charge in [0.1, 0.15) is 5.57 Å². The largest absolute Gasteiger partial charge is 0.493 e. The predicted molar refractivity (Wildman–Crippen MR) is 129 cm³/mol. The monoisotopic (exact) mass is 470 g/mol. The minimum atomic E-state index is -0.822. The SMILES string of the molecule is COc1cc(/C=C2\C(=O)NC(=O)N(c3ccc(C)cc3)C2=O)ccc1OC(=O)c1ccc(C)cc1. The van der Waals surface area contributed by atoms with Crippen LogP contribution in [0.25, 0.3) is 6.08 Å². The van der Waals surface area contributed by atoms with Crippen molar-refractivity contribution in [3.8, 4) is 11.5 Å². The van der Waals surface area contributed by atoms with Gasteiger partial charge >= 0.3 is 12.0 Å². The number of ether oxygens (including phenoxy) is 2. The first-order chi connectivity index (χ1) is 16.8. The van der Waals surface area contributed by atoms with Gasteiger partial charge in [0.2, 0.25) is 0 Å². The summed E-state index contributed by atoms with van der Waals surface area (Å²) in [7, 11) is 1.41. The van der Waals surface area contributed by atoms with Crippen molar-refractivity contribution < 1.29 is 28.7 Å². The molecule has 8 nitrogen and oxygen atoms in total. The van der Waals surface area contributed by atoms with Crippen LogP contribution < -0.4 is 19.7 Å². The lowest BCUT2D eigenvalue weighted by Gasteiger charge is -2.26. The van der Waals surface area contributed by atoms with E-state index in [0.29, 0.717) is 16.8 Å². The molecule has 1 fully saturated rings. The highest BCUT2D eigenvalue weighted by atomic mass is 16.6. The van der Waals surface area contributed by atoms with Crippen LogP contribution in [0.5, 0.6) is 11.5 Å². The molecule has 4 rings (SSSR count). The van der Waals surface area contributed by atoms with Crippen molar-refractivity contribution in [1.29, 1.82) is 0 Å². The number of rotatable bonds is 5. The number of imide groups is 2. The number of amides is 4. The van der Waals surface area contributed by atoms with E-state index in [2.05, 4.69) is 5.32 Å². The topological polar surface area (TPSA) is 102 Å². The van der Waals surface area contributed by atoms with Crippen LogP contribution in [0.3, 0.4) is 0 Å². The van der Waals surface area contributed by atoms with Crippen LogP contribution in [0.2, 0.25) is 0 Å². The average Bonchev–Trinajstić information content (AvgIpc) is 2.84. The van der Waals surface area contributed by atoms with Crippen molar-refractivity contribution in [3.05, 3.63) is 94.6 Å².